The Bertz CT molecular complexity index is 659. The van der Waals surface area contributed by atoms with Gasteiger partial charge in [-0.3, -0.25) is 0 Å². The molecule has 7 nitrogen and oxygen atoms in total. The Kier molecular flexibility index (Phi) is 8.18. The Hall–Kier alpha value is -1.80. The van der Waals surface area contributed by atoms with Crippen LogP contribution in [-0.4, -0.2) is 50.9 Å². The molecule has 0 aliphatic rings. The minimum absolute atomic E-state index is 0.0170. The number of nitrogens with zero attached hydrogens (tertiary/aromatic N) is 1. The number of hydrogen-bond acceptors (Lipinski definition) is 5. The van der Waals surface area contributed by atoms with Crippen molar-refractivity contribution in [1.29, 1.82) is 0 Å². The summed E-state index contributed by atoms with van der Waals surface area (Å²) >= 11 is 0. The van der Waals surface area contributed by atoms with Crippen LogP contribution in [0.25, 0.3) is 0 Å². The molecule has 0 heterocycles. The molecule has 0 atom stereocenters. The highest BCUT2D eigenvalue weighted by Crippen LogP contribution is 2.18. The highest BCUT2D eigenvalue weighted by molar-refractivity contribution is 7.87. The Morgan fingerprint density at radius 3 is 2.48 bits per heavy atom. The SMILES string of the molecule is COCCN(Cc1cccc(OS(=O)(=O)C(C)C)c1)C(=O)NC(C)C. The highest BCUT2D eigenvalue weighted by atomic mass is 32.2. The molecule has 1 aromatic rings. The van der Waals surface area contributed by atoms with Crippen molar-refractivity contribution < 1.29 is 22.1 Å². The fourth-order valence-electron chi connectivity index (χ4n) is 1.94. The summed E-state index contributed by atoms with van der Waals surface area (Å²) in [6, 6.07) is 6.54. The first-order valence-electron chi connectivity index (χ1n) is 8.22. The van der Waals surface area contributed by atoms with Gasteiger partial charge in [-0.2, -0.15) is 8.42 Å². The van der Waals surface area contributed by atoms with Crippen LogP contribution >= 0.6 is 0 Å². The van der Waals surface area contributed by atoms with Crippen LogP contribution in [0.2, 0.25) is 0 Å². The van der Waals surface area contributed by atoms with E-state index in [4.69, 9.17) is 8.92 Å². The molecule has 0 bridgehead atoms. The number of rotatable bonds is 9. The van der Waals surface area contributed by atoms with Crippen molar-refractivity contribution in [3.8, 4) is 5.75 Å². The standard InChI is InChI=1S/C17H28N2O5S/c1-13(2)18-17(20)19(9-10-23-5)12-15-7-6-8-16(11-15)24-25(21,22)14(3)4/h6-8,11,13-14H,9-10,12H2,1-5H3,(H,18,20). The molecule has 8 heteroatoms. The summed E-state index contributed by atoms with van der Waals surface area (Å²) in [5, 5.41) is 2.21. The van der Waals surface area contributed by atoms with Gasteiger partial charge in [0.05, 0.1) is 11.9 Å². The van der Waals surface area contributed by atoms with E-state index in [1.54, 1.807) is 44.1 Å². The number of ether oxygens (including phenoxy) is 1. The Morgan fingerprint density at radius 2 is 1.92 bits per heavy atom. The first kappa shape index (κ1) is 21.2. The molecule has 0 spiro atoms. The van der Waals surface area contributed by atoms with Gasteiger partial charge < -0.3 is 19.1 Å². The lowest BCUT2D eigenvalue weighted by molar-refractivity contribution is 0.145. The summed E-state index contributed by atoms with van der Waals surface area (Å²) in [5.41, 5.74) is 0.770. The molecule has 0 aromatic heterocycles. The van der Waals surface area contributed by atoms with Crippen LogP contribution in [0.3, 0.4) is 0 Å². The number of carbonyl (C=O) groups excluding carboxylic acids is 1. The van der Waals surface area contributed by atoms with Crippen molar-refractivity contribution in [2.24, 2.45) is 0 Å². The Balaban J connectivity index is 2.90. The largest absolute Gasteiger partial charge is 0.383 e. The van der Waals surface area contributed by atoms with Gasteiger partial charge in [-0.15, -0.1) is 0 Å². The summed E-state index contributed by atoms with van der Waals surface area (Å²) in [4.78, 5) is 13.9. The molecule has 1 aromatic carbocycles. The predicted molar refractivity (Wildman–Crippen MR) is 97.1 cm³/mol. The van der Waals surface area contributed by atoms with Gasteiger partial charge in [0.15, 0.2) is 0 Å². The van der Waals surface area contributed by atoms with E-state index in [0.29, 0.717) is 19.7 Å². The van der Waals surface area contributed by atoms with Crippen LogP contribution in [0.5, 0.6) is 5.75 Å². The number of nitrogens with one attached hydrogen (secondary N) is 1. The third-order valence-corrected chi connectivity index (χ3v) is 4.91. The van der Waals surface area contributed by atoms with Gasteiger partial charge in [0, 0.05) is 26.2 Å². The van der Waals surface area contributed by atoms with Crippen molar-refractivity contribution >= 4 is 16.1 Å². The first-order chi connectivity index (χ1) is 11.7. The lowest BCUT2D eigenvalue weighted by Gasteiger charge is -2.24. The minimum Gasteiger partial charge on any atom is -0.383 e. The number of hydrogen-bond donors (Lipinski definition) is 1. The molecule has 0 aliphatic heterocycles. The maximum atomic E-state index is 12.3. The lowest BCUT2D eigenvalue weighted by Crippen LogP contribution is -2.43. The van der Waals surface area contributed by atoms with Crippen LogP contribution < -0.4 is 9.50 Å². The van der Waals surface area contributed by atoms with Crippen molar-refractivity contribution in [3.05, 3.63) is 29.8 Å². The van der Waals surface area contributed by atoms with Crippen molar-refractivity contribution in [1.82, 2.24) is 10.2 Å². The zero-order valence-corrected chi connectivity index (χ0v) is 16.3. The third kappa shape index (κ3) is 7.31. The van der Waals surface area contributed by atoms with E-state index in [1.165, 1.54) is 0 Å². The van der Waals surface area contributed by atoms with Gasteiger partial charge in [0.2, 0.25) is 0 Å². The maximum absolute atomic E-state index is 12.3. The molecular weight excluding hydrogens is 344 g/mol. The molecule has 0 saturated carbocycles. The molecule has 2 amide bonds. The maximum Gasteiger partial charge on any atom is 0.317 e. The number of methoxy groups -OCH3 is 1. The average Bonchev–Trinajstić information content (AvgIpc) is 2.50. The topological polar surface area (TPSA) is 84.9 Å². The van der Waals surface area contributed by atoms with E-state index in [2.05, 4.69) is 5.32 Å². The fourth-order valence-corrected chi connectivity index (χ4v) is 2.50. The van der Waals surface area contributed by atoms with Crippen LogP contribution in [-0.2, 0) is 21.4 Å². The molecule has 0 fully saturated rings. The summed E-state index contributed by atoms with van der Waals surface area (Å²) < 4.78 is 34.0. The van der Waals surface area contributed by atoms with Crippen LogP contribution in [0.1, 0.15) is 33.3 Å². The minimum atomic E-state index is -3.66. The number of amides is 2. The van der Waals surface area contributed by atoms with Gasteiger partial charge >= 0.3 is 16.1 Å². The van der Waals surface area contributed by atoms with Gasteiger partial charge in [-0.05, 0) is 45.4 Å². The van der Waals surface area contributed by atoms with E-state index in [1.807, 2.05) is 19.9 Å². The molecule has 25 heavy (non-hydrogen) atoms. The van der Waals surface area contributed by atoms with E-state index >= 15 is 0 Å². The van der Waals surface area contributed by atoms with Crippen LogP contribution in [0, 0.1) is 0 Å². The van der Waals surface area contributed by atoms with Crippen molar-refractivity contribution in [3.63, 3.8) is 0 Å². The van der Waals surface area contributed by atoms with E-state index in [-0.39, 0.29) is 17.8 Å². The molecule has 1 N–H and O–H groups in total. The van der Waals surface area contributed by atoms with Gasteiger partial charge in [-0.25, -0.2) is 4.79 Å². The van der Waals surface area contributed by atoms with Crippen LogP contribution in [0.15, 0.2) is 24.3 Å². The summed E-state index contributed by atoms with van der Waals surface area (Å²) in [5.74, 6) is 0.238. The van der Waals surface area contributed by atoms with E-state index in [9.17, 15) is 13.2 Å². The Labute approximate surface area is 150 Å². The highest BCUT2D eigenvalue weighted by Gasteiger charge is 2.19. The zero-order chi connectivity index (χ0) is 19.0. The molecule has 0 aliphatic carbocycles. The van der Waals surface area contributed by atoms with Gasteiger partial charge in [0.25, 0.3) is 0 Å². The van der Waals surface area contributed by atoms with Crippen molar-refractivity contribution in [2.45, 2.75) is 45.5 Å². The summed E-state index contributed by atoms with van der Waals surface area (Å²) in [6.45, 7) is 8.04. The van der Waals surface area contributed by atoms with E-state index < -0.39 is 15.4 Å². The fraction of sp³-hybridized carbons (Fsp3) is 0.588. The molecule has 0 unspecified atom stereocenters. The zero-order valence-electron chi connectivity index (χ0n) is 15.5. The number of urea groups is 1. The quantitative estimate of drug-likeness (QED) is 0.673. The predicted octanol–water partition coefficient (Wildman–Crippen LogP) is 2.37. The number of benzene rings is 1. The first-order valence-corrected chi connectivity index (χ1v) is 9.69. The second-order valence-electron chi connectivity index (χ2n) is 6.29. The monoisotopic (exact) mass is 372 g/mol. The summed E-state index contributed by atoms with van der Waals surface area (Å²) in [7, 11) is -2.08. The summed E-state index contributed by atoms with van der Waals surface area (Å²) in [6.07, 6.45) is 0. The van der Waals surface area contributed by atoms with Gasteiger partial charge in [0.1, 0.15) is 5.75 Å². The normalized spacial score (nSPS) is 11.6. The second-order valence-corrected chi connectivity index (χ2v) is 8.39. The third-order valence-electron chi connectivity index (χ3n) is 3.33. The van der Waals surface area contributed by atoms with Crippen molar-refractivity contribution in [2.75, 3.05) is 20.3 Å². The smallest absolute Gasteiger partial charge is 0.317 e. The molecule has 1 rings (SSSR count). The second kappa shape index (κ2) is 9.62. The lowest BCUT2D eigenvalue weighted by atomic mass is 10.2. The number of carbonyl (C=O) groups is 1. The average molecular weight is 372 g/mol. The van der Waals surface area contributed by atoms with Gasteiger partial charge in [-0.1, -0.05) is 12.1 Å². The molecular formula is C17H28N2O5S. The molecule has 0 saturated heterocycles. The van der Waals surface area contributed by atoms with Crippen LogP contribution in [0.4, 0.5) is 4.79 Å². The molecule has 0 radical (unpaired) electrons. The Morgan fingerprint density at radius 1 is 1.24 bits per heavy atom. The van der Waals surface area contributed by atoms with E-state index in [0.717, 1.165) is 5.56 Å². The molecule has 142 valence electrons.